The number of rotatable bonds is 11. The molecule has 0 aliphatic carbocycles. The molecule has 0 heterocycles. The van der Waals surface area contributed by atoms with Gasteiger partial charge in [0.25, 0.3) is 0 Å². The summed E-state index contributed by atoms with van der Waals surface area (Å²) in [5.74, 6) is 0.437. The molecule has 0 saturated heterocycles. The molecule has 23 heavy (non-hydrogen) atoms. The number of carbonyl (C=O) groups is 1. The maximum absolute atomic E-state index is 11.7. The standard InChI is InChI=1S/C18H28N2O3/c1-3-5-6-7-8-9-10-18(22)20-19-14-15-11-12-16(21)17(13-15)23-4-2/h11-14,21H,3-10H2,1-2H3,(H,20,22)/b19-14-. The van der Waals surface area contributed by atoms with E-state index in [4.69, 9.17) is 4.74 Å². The fourth-order valence-corrected chi connectivity index (χ4v) is 2.18. The quantitative estimate of drug-likeness (QED) is 0.368. The smallest absolute Gasteiger partial charge is 0.240 e. The van der Waals surface area contributed by atoms with Crippen molar-refractivity contribution < 1.29 is 14.6 Å². The van der Waals surface area contributed by atoms with Crippen molar-refractivity contribution in [2.75, 3.05) is 6.61 Å². The zero-order chi connectivity index (χ0) is 16.9. The van der Waals surface area contributed by atoms with E-state index in [1.807, 2.05) is 6.92 Å². The lowest BCUT2D eigenvalue weighted by molar-refractivity contribution is -0.121. The van der Waals surface area contributed by atoms with Crippen LogP contribution in [0.2, 0.25) is 0 Å². The monoisotopic (exact) mass is 320 g/mol. The molecular weight excluding hydrogens is 292 g/mol. The normalized spacial score (nSPS) is 10.9. The van der Waals surface area contributed by atoms with Crippen LogP contribution in [0, 0.1) is 0 Å². The molecule has 0 bridgehead atoms. The molecule has 1 aromatic rings. The maximum atomic E-state index is 11.7. The molecular formula is C18H28N2O3. The molecule has 0 aliphatic heterocycles. The molecule has 0 radical (unpaired) electrons. The van der Waals surface area contributed by atoms with Crippen LogP contribution in [0.1, 0.15) is 64.4 Å². The number of amides is 1. The van der Waals surface area contributed by atoms with Crippen LogP contribution in [0.5, 0.6) is 11.5 Å². The van der Waals surface area contributed by atoms with Crippen LogP contribution >= 0.6 is 0 Å². The Hall–Kier alpha value is -2.04. The molecule has 0 saturated carbocycles. The van der Waals surface area contributed by atoms with E-state index in [1.165, 1.54) is 25.7 Å². The van der Waals surface area contributed by atoms with Crippen molar-refractivity contribution in [3.63, 3.8) is 0 Å². The Kier molecular flexibility index (Phi) is 9.52. The van der Waals surface area contributed by atoms with Gasteiger partial charge >= 0.3 is 0 Å². The molecule has 2 N–H and O–H groups in total. The molecule has 0 unspecified atom stereocenters. The van der Waals surface area contributed by atoms with E-state index < -0.39 is 0 Å². The summed E-state index contributed by atoms with van der Waals surface area (Å²) in [5.41, 5.74) is 3.28. The van der Waals surface area contributed by atoms with Crippen LogP contribution < -0.4 is 10.2 Å². The first-order valence-electron chi connectivity index (χ1n) is 8.45. The van der Waals surface area contributed by atoms with Crippen LogP contribution in [0.4, 0.5) is 0 Å². The molecule has 1 aromatic carbocycles. The Bertz CT molecular complexity index is 501. The van der Waals surface area contributed by atoms with Gasteiger partial charge in [-0.1, -0.05) is 39.0 Å². The minimum absolute atomic E-state index is 0.0689. The summed E-state index contributed by atoms with van der Waals surface area (Å²) in [7, 11) is 0. The Balaban J connectivity index is 2.29. The summed E-state index contributed by atoms with van der Waals surface area (Å²) in [5, 5.41) is 13.6. The number of ether oxygens (including phenoxy) is 1. The average molecular weight is 320 g/mol. The molecule has 128 valence electrons. The first kappa shape index (κ1) is 19.0. The number of nitrogens with zero attached hydrogens (tertiary/aromatic N) is 1. The topological polar surface area (TPSA) is 70.9 Å². The van der Waals surface area contributed by atoms with Gasteiger partial charge in [-0.15, -0.1) is 0 Å². The summed E-state index contributed by atoms with van der Waals surface area (Å²) in [6, 6.07) is 4.94. The largest absolute Gasteiger partial charge is 0.504 e. The van der Waals surface area contributed by atoms with Crippen molar-refractivity contribution in [1.82, 2.24) is 5.43 Å². The predicted octanol–water partition coefficient (Wildman–Crippen LogP) is 3.99. The van der Waals surface area contributed by atoms with Crippen LogP contribution in [0.15, 0.2) is 23.3 Å². The SMILES string of the molecule is CCCCCCCCC(=O)N/N=C\c1ccc(O)c(OCC)c1. The second-order valence-electron chi connectivity index (χ2n) is 5.47. The van der Waals surface area contributed by atoms with Gasteiger partial charge < -0.3 is 9.84 Å². The molecule has 1 rings (SSSR count). The lowest BCUT2D eigenvalue weighted by Crippen LogP contribution is -2.16. The van der Waals surface area contributed by atoms with E-state index in [2.05, 4.69) is 17.5 Å². The van der Waals surface area contributed by atoms with Gasteiger partial charge in [-0.2, -0.15) is 5.10 Å². The highest BCUT2D eigenvalue weighted by Gasteiger charge is 2.02. The number of phenols is 1. The van der Waals surface area contributed by atoms with Crippen molar-refractivity contribution in [2.45, 2.75) is 58.8 Å². The van der Waals surface area contributed by atoms with E-state index in [0.29, 0.717) is 18.8 Å². The maximum Gasteiger partial charge on any atom is 0.240 e. The van der Waals surface area contributed by atoms with Gasteiger partial charge in [-0.3, -0.25) is 4.79 Å². The van der Waals surface area contributed by atoms with Gasteiger partial charge in [0.05, 0.1) is 12.8 Å². The molecule has 0 atom stereocenters. The van der Waals surface area contributed by atoms with Gasteiger partial charge in [-0.25, -0.2) is 5.43 Å². The highest BCUT2D eigenvalue weighted by molar-refractivity contribution is 5.83. The molecule has 0 aromatic heterocycles. The fraction of sp³-hybridized carbons (Fsp3) is 0.556. The van der Waals surface area contributed by atoms with E-state index in [9.17, 15) is 9.90 Å². The lowest BCUT2D eigenvalue weighted by Gasteiger charge is -2.06. The minimum Gasteiger partial charge on any atom is -0.504 e. The zero-order valence-electron chi connectivity index (χ0n) is 14.2. The van der Waals surface area contributed by atoms with E-state index in [-0.39, 0.29) is 11.7 Å². The van der Waals surface area contributed by atoms with Crippen LogP contribution in [-0.4, -0.2) is 23.8 Å². The van der Waals surface area contributed by atoms with Gasteiger partial charge in [-0.05, 0) is 37.1 Å². The van der Waals surface area contributed by atoms with Crippen LogP contribution in [0.3, 0.4) is 0 Å². The second-order valence-corrected chi connectivity index (χ2v) is 5.47. The summed E-state index contributed by atoms with van der Waals surface area (Å²) >= 11 is 0. The molecule has 5 nitrogen and oxygen atoms in total. The van der Waals surface area contributed by atoms with E-state index >= 15 is 0 Å². The summed E-state index contributed by atoms with van der Waals surface area (Å²) < 4.78 is 5.30. The van der Waals surface area contributed by atoms with Gasteiger partial charge in [0, 0.05) is 6.42 Å². The minimum atomic E-state index is -0.0689. The third-order valence-corrected chi connectivity index (χ3v) is 3.44. The number of carbonyl (C=O) groups excluding carboxylic acids is 1. The third-order valence-electron chi connectivity index (χ3n) is 3.44. The van der Waals surface area contributed by atoms with Gasteiger partial charge in [0.15, 0.2) is 11.5 Å². The predicted molar refractivity (Wildman–Crippen MR) is 93.0 cm³/mol. The number of aromatic hydroxyl groups is 1. The van der Waals surface area contributed by atoms with Crippen molar-refractivity contribution in [1.29, 1.82) is 0 Å². The highest BCUT2D eigenvalue weighted by atomic mass is 16.5. The Morgan fingerprint density at radius 2 is 1.96 bits per heavy atom. The molecule has 5 heteroatoms. The van der Waals surface area contributed by atoms with Crippen molar-refractivity contribution in [3.8, 4) is 11.5 Å². The molecule has 0 aliphatic rings. The first-order valence-corrected chi connectivity index (χ1v) is 8.45. The number of phenolic OH excluding ortho intramolecular Hbond substituents is 1. The second kappa shape index (κ2) is 11.5. The summed E-state index contributed by atoms with van der Waals surface area (Å²) in [6.45, 7) is 4.52. The van der Waals surface area contributed by atoms with Crippen LogP contribution in [0.25, 0.3) is 0 Å². The molecule has 0 fully saturated rings. The van der Waals surface area contributed by atoms with Gasteiger partial charge in [0.2, 0.25) is 5.91 Å². The number of nitrogens with one attached hydrogen (secondary N) is 1. The number of hydrogen-bond donors (Lipinski definition) is 2. The number of unbranched alkanes of at least 4 members (excludes halogenated alkanes) is 5. The lowest BCUT2D eigenvalue weighted by atomic mass is 10.1. The van der Waals surface area contributed by atoms with E-state index in [1.54, 1.807) is 24.4 Å². The first-order chi connectivity index (χ1) is 11.2. The van der Waals surface area contributed by atoms with Gasteiger partial charge in [0.1, 0.15) is 0 Å². The summed E-state index contributed by atoms with van der Waals surface area (Å²) in [4.78, 5) is 11.7. The Morgan fingerprint density at radius 1 is 1.22 bits per heavy atom. The summed E-state index contributed by atoms with van der Waals surface area (Å²) in [6.07, 6.45) is 8.98. The van der Waals surface area contributed by atoms with Crippen LogP contribution in [-0.2, 0) is 4.79 Å². The third kappa shape index (κ3) is 8.24. The highest BCUT2D eigenvalue weighted by Crippen LogP contribution is 2.26. The van der Waals surface area contributed by atoms with Crippen molar-refractivity contribution in [2.24, 2.45) is 5.10 Å². The van der Waals surface area contributed by atoms with E-state index in [0.717, 1.165) is 18.4 Å². The average Bonchev–Trinajstić information content (AvgIpc) is 2.54. The fourth-order valence-electron chi connectivity index (χ4n) is 2.18. The molecule has 1 amide bonds. The van der Waals surface area contributed by atoms with Crippen molar-refractivity contribution in [3.05, 3.63) is 23.8 Å². The number of hydrogen-bond acceptors (Lipinski definition) is 4. The molecule has 0 spiro atoms. The number of benzene rings is 1. The number of hydrazone groups is 1. The van der Waals surface area contributed by atoms with Crippen molar-refractivity contribution >= 4 is 12.1 Å². The Morgan fingerprint density at radius 3 is 2.70 bits per heavy atom. The zero-order valence-corrected chi connectivity index (χ0v) is 14.2. The Labute approximate surface area is 138 Å².